The van der Waals surface area contributed by atoms with Crippen molar-refractivity contribution >= 4 is 5.91 Å². The minimum atomic E-state index is -0.802. The SMILES string of the molecule is COC(C)(C)C(=O)N(C)CCO. The Hall–Kier alpha value is -0.610. The van der Waals surface area contributed by atoms with E-state index >= 15 is 0 Å². The maximum Gasteiger partial charge on any atom is 0.254 e. The van der Waals surface area contributed by atoms with Crippen LogP contribution >= 0.6 is 0 Å². The van der Waals surface area contributed by atoms with Crippen LogP contribution in [0, 0.1) is 0 Å². The van der Waals surface area contributed by atoms with Gasteiger partial charge < -0.3 is 14.7 Å². The van der Waals surface area contributed by atoms with Gasteiger partial charge in [-0.2, -0.15) is 0 Å². The third kappa shape index (κ3) is 2.79. The molecule has 0 bridgehead atoms. The topological polar surface area (TPSA) is 49.8 Å². The predicted octanol–water partition coefficient (Wildman–Crippen LogP) is -0.138. The first kappa shape index (κ1) is 11.4. The van der Waals surface area contributed by atoms with Gasteiger partial charge >= 0.3 is 0 Å². The summed E-state index contributed by atoms with van der Waals surface area (Å²) in [5.41, 5.74) is -0.802. The second-order valence-corrected chi connectivity index (χ2v) is 3.16. The number of carbonyl (C=O) groups excluding carboxylic acids is 1. The summed E-state index contributed by atoms with van der Waals surface area (Å²) >= 11 is 0. The van der Waals surface area contributed by atoms with Crippen molar-refractivity contribution in [2.45, 2.75) is 19.4 Å². The Bertz CT molecular complexity index is 156. The van der Waals surface area contributed by atoms with E-state index in [1.54, 1.807) is 20.9 Å². The standard InChI is InChI=1S/C8H17NO3/c1-8(2,12-4)7(11)9(3)5-6-10/h10H,5-6H2,1-4H3. The number of amides is 1. The van der Waals surface area contributed by atoms with E-state index in [0.29, 0.717) is 6.54 Å². The molecule has 0 unspecified atom stereocenters. The molecule has 72 valence electrons. The van der Waals surface area contributed by atoms with Crippen LogP contribution in [0.4, 0.5) is 0 Å². The van der Waals surface area contributed by atoms with Crippen molar-refractivity contribution in [3.8, 4) is 0 Å². The highest BCUT2D eigenvalue weighted by Gasteiger charge is 2.29. The number of methoxy groups -OCH3 is 1. The zero-order valence-corrected chi connectivity index (χ0v) is 8.13. The van der Waals surface area contributed by atoms with E-state index in [2.05, 4.69) is 0 Å². The van der Waals surface area contributed by atoms with Crippen LogP contribution in [0.1, 0.15) is 13.8 Å². The fraction of sp³-hybridized carbons (Fsp3) is 0.875. The van der Waals surface area contributed by atoms with Crippen molar-refractivity contribution in [2.24, 2.45) is 0 Å². The predicted molar refractivity (Wildman–Crippen MR) is 45.8 cm³/mol. The summed E-state index contributed by atoms with van der Waals surface area (Å²) in [7, 11) is 3.13. The van der Waals surface area contributed by atoms with Crippen LogP contribution in [-0.4, -0.2) is 48.8 Å². The summed E-state index contributed by atoms with van der Waals surface area (Å²) in [6, 6.07) is 0. The Morgan fingerprint density at radius 2 is 2.08 bits per heavy atom. The number of aliphatic hydroxyl groups is 1. The van der Waals surface area contributed by atoms with Gasteiger partial charge in [-0.1, -0.05) is 0 Å². The highest BCUT2D eigenvalue weighted by molar-refractivity contribution is 5.84. The van der Waals surface area contributed by atoms with Crippen molar-refractivity contribution in [1.82, 2.24) is 4.90 Å². The third-order valence-electron chi connectivity index (χ3n) is 1.81. The maximum atomic E-state index is 11.5. The summed E-state index contributed by atoms with van der Waals surface area (Å²) in [5.74, 6) is -0.126. The molecule has 0 rings (SSSR count). The number of likely N-dealkylation sites (N-methyl/N-ethyl adjacent to an activating group) is 1. The molecule has 1 amide bonds. The smallest absolute Gasteiger partial charge is 0.254 e. The minimum absolute atomic E-state index is 0.0258. The molecule has 12 heavy (non-hydrogen) atoms. The molecule has 0 radical (unpaired) electrons. The van der Waals surface area contributed by atoms with Crippen molar-refractivity contribution in [1.29, 1.82) is 0 Å². The van der Waals surface area contributed by atoms with Gasteiger partial charge in [-0.25, -0.2) is 0 Å². The normalized spacial score (nSPS) is 11.4. The van der Waals surface area contributed by atoms with Crippen LogP contribution in [0.2, 0.25) is 0 Å². The van der Waals surface area contributed by atoms with Crippen LogP contribution in [-0.2, 0) is 9.53 Å². The molecular weight excluding hydrogens is 158 g/mol. The van der Waals surface area contributed by atoms with Crippen molar-refractivity contribution in [2.75, 3.05) is 27.3 Å². The lowest BCUT2D eigenvalue weighted by atomic mass is 10.1. The van der Waals surface area contributed by atoms with E-state index in [-0.39, 0.29) is 12.5 Å². The first-order valence-electron chi connectivity index (χ1n) is 3.87. The van der Waals surface area contributed by atoms with Crippen LogP contribution in [0.15, 0.2) is 0 Å². The highest BCUT2D eigenvalue weighted by atomic mass is 16.5. The number of ether oxygens (including phenoxy) is 1. The summed E-state index contributed by atoms with van der Waals surface area (Å²) in [6.45, 7) is 3.71. The lowest BCUT2D eigenvalue weighted by Crippen LogP contribution is -2.45. The Balaban J connectivity index is 4.18. The molecule has 0 aliphatic heterocycles. The summed E-state index contributed by atoms with van der Waals surface area (Å²) in [5, 5.41) is 8.59. The fourth-order valence-electron chi connectivity index (χ4n) is 0.798. The number of hydrogen-bond acceptors (Lipinski definition) is 3. The third-order valence-corrected chi connectivity index (χ3v) is 1.81. The van der Waals surface area contributed by atoms with E-state index in [1.807, 2.05) is 0 Å². The van der Waals surface area contributed by atoms with Crippen LogP contribution in [0.3, 0.4) is 0 Å². The molecule has 0 aromatic rings. The van der Waals surface area contributed by atoms with E-state index in [0.717, 1.165) is 0 Å². The highest BCUT2D eigenvalue weighted by Crippen LogP contribution is 2.10. The molecule has 0 saturated carbocycles. The molecule has 0 aliphatic carbocycles. The second-order valence-electron chi connectivity index (χ2n) is 3.16. The molecule has 0 atom stereocenters. The monoisotopic (exact) mass is 175 g/mol. The van der Waals surface area contributed by atoms with E-state index in [1.165, 1.54) is 12.0 Å². The zero-order valence-electron chi connectivity index (χ0n) is 8.13. The zero-order chi connectivity index (χ0) is 9.78. The van der Waals surface area contributed by atoms with Crippen molar-refractivity contribution in [3.05, 3.63) is 0 Å². The molecule has 1 N–H and O–H groups in total. The first-order chi connectivity index (χ1) is 5.45. The average Bonchev–Trinajstić information content (AvgIpc) is 2.03. The van der Waals surface area contributed by atoms with Crippen LogP contribution < -0.4 is 0 Å². The molecule has 0 spiro atoms. The lowest BCUT2D eigenvalue weighted by molar-refractivity contribution is -0.149. The summed E-state index contributed by atoms with van der Waals surface area (Å²) in [6.07, 6.45) is 0. The quantitative estimate of drug-likeness (QED) is 0.647. The van der Waals surface area contributed by atoms with Gasteiger partial charge in [0.25, 0.3) is 5.91 Å². The van der Waals surface area contributed by atoms with Crippen LogP contribution in [0.25, 0.3) is 0 Å². The fourth-order valence-corrected chi connectivity index (χ4v) is 0.798. The second kappa shape index (κ2) is 4.42. The largest absolute Gasteiger partial charge is 0.395 e. The van der Waals surface area contributed by atoms with Gasteiger partial charge in [0.15, 0.2) is 0 Å². The lowest BCUT2D eigenvalue weighted by Gasteiger charge is -2.27. The number of aliphatic hydroxyl groups excluding tert-OH is 1. The van der Waals surface area contributed by atoms with Crippen LogP contribution in [0.5, 0.6) is 0 Å². The van der Waals surface area contributed by atoms with E-state index in [4.69, 9.17) is 9.84 Å². The molecule has 4 nitrogen and oxygen atoms in total. The van der Waals surface area contributed by atoms with Gasteiger partial charge in [0.1, 0.15) is 5.60 Å². The average molecular weight is 175 g/mol. The summed E-state index contributed by atoms with van der Waals surface area (Å²) < 4.78 is 4.99. The number of rotatable bonds is 4. The molecule has 0 aromatic heterocycles. The van der Waals surface area contributed by atoms with Gasteiger partial charge in [0.2, 0.25) is 0 Å². The van der Waals surface area contributed by atoms with Gasteiger partial charge in [-0.15, -0.1) is 0 Å². The number of carbonyl (C=O) groups is 1. The Morgan fingerprint density at radius 1 is 1.58 bits per heavy atom. The van der Waals surface area contributed by atoms with Crippen molar-refractivity contribution < 1.29 is 14.6 Å². The Kier molecular flexibility index (Phi) is 4.20. The van der Waals surface area contributed by atoms with Gasteiger partial charge in [-0.05, 0) is 13.8 Å². The maximum absolute atomic E-state index is 11.5. The molecular formula is C8H17NO3. The molecule has 0 heterocycles. The molecule has 0 saturated heterocycles. The molecule has 0 aliphatic rings. The van der Waals surface area contributed by atoms with Gasteiger partial charge in [0, 0.05) is 20.7 Å². The van der Waals surface area contributed by atoms with Gasteiger partial charge in [0.05, 0.1) is 6.61 Å². The Labute approximate surface area is 73.1 Å². The van der Waals surface area contributed by atoms with Gasteiger partial charge in [-0.3, -0.25) is 4.79 Å². The van der Waals surface area contributed by atoms with E-state index < -0.39 is 5.60 Å². The molecule has 0 fully saturated rings. The Morgan fingerprint density at radius 3 is 2.42 bits per heavy atom. The number of nitrogens with zero attached hydrogens (tertiary/aromatic N) is 1. The minimum Gasteiger partial charge on any atom is -0.395 e. The molecule has 0 aromatic carbocycles. The summed E-state index contributed by atoms with van der Waals surface area (Å²) in [4.78, 5) is 12.9. The molecule has 4 heteroatoms. The van der Waals surface area contributed by atoms with E-state index in [9.17, 15) is 4.79 Å². The van der Waals surface area contributed by atoms with Crippen molar-refractivity contribution in [3.63, 3.8) is 0 Å². The first-order valence-corrected chi connectivity index (χ1v) is 3.87. The number of hydrogen-bond donors (Lipinski definition) is 1.